The molecule has 0 spiro atoms. The van der Waals surface area contributed by atoms with Gasteiger partial charge in [-0.25, -0.2) is 4.79 Å². The number of carbonyl (C=O) groups is 3. The van der Waals surface area contributed by atoms with Crippen LogP contribution in [-0.2, 0) is 14.3 Å². The second-order valence-corrected chi connectivity index (χ2v) is 5.91. The van der Waals surface area contributed by atoms with Crippen molar-refractivity contribution in [1.82, 2.24) is 0 Å². The average molecular weight is 381 g/mol. The van der Waals surface area contributed by atoms with Crippen molar-refractivity contribution in [3.05, 3.63) is 59.7 Å². The maximum Gasteiger partial charge on any atom is 0.331 e. The van der Waals surface area contributed by atoms with Crippen molar-refractivity contribution >= 4 is 29.4 Å². The Morgan fingerprint density at radius 1 is 1.18 bits per heavy atom. The van der Waals surface area contributed by atoms with Gasteiger partial charge in [-0.05, 0) is 48.9 Å². The van der Waals surface area contributed by atoms with Gasteiger partial charge >= 0.3 is 5.97 Å². The molecule has 0 aliphatic carbocycles. The minimum absolute atomic E-state index is 0.0569. The van der Waals surface area contributed by atoms with Gasteiger partial charge in [0, 0.05) is 11.6 Å². The average Bonchev–Trinajstić information content (AvgIpc) is 2.71. The zero-order valence-corrected chi connectivity index (χ0v) is 15.3. The molecule has 0 saturated heterocycles. The lowest BCUT2D eigenvalue weighted by atomic mass is 10.1. The highest BCUT2D eigenvalue weighted by molar-refractivity contribution is 6.02. The lowest BCUT2D eigenvalue weighted by molar-refractivity contribution is -0.136. The number of benzene rings is 2. The van der Waals surface area contributed by atoms with E-state index in [1.807, 2.05) is 19.1 Å². The van der Waals surface area contributed by atoms with Gasteiger partial charge in [0.15, 0.2) is 19.0 Å². The SMILES string of the molecule is CCOc1ccc(/C=C/C(=O)OCC(=O)c2ccc3c(c2)NC(=O)CO3)cc1. The lowest BCUT2D eigenvalue weighted by Crippen LogP contribution is -2.25. The van der Waals surface area contributed by atoms with Crippen molar-refractivity contribution in [2.24, 2.45) is 0 Å². The highest BCUT2D eigenvalue weighted by Gasteiger charge is 2.18. The molecular formula is C21H19NO6. The van der Waals surface area contributed by atoms with Crippen molar-refractivity contribution in [3.8, 4) is 11.5 Å². The number of esters is 1. The summed E-state index contributed by atoms with van der Waals surface area (Å²) in [5.41, 5.74) is 1.54. The number of Topliss-reactive ketones (excluding diaryl/α,β-unsaturated/α-hetero) is 1. The van der Waals surface area contributed by atoms with E-state index in [1.165, 1.54) is 12.1 Å². The normalized spacial score (nSPS) is 12.7. The zero-order chi connectivity index (χ0) is 19.9. The van der Waals surface area contributed by atoms with Gasteiger partial charge in [0.2, 0.25) is 0 Å². The fraction of sp³-hybridized carbons (Fsp3) is 0.190. The van der Waals surface area contributed by atoms with Crippen LogP contribution in [0.15, 0.2) is 48.5 Å². The molecular weight excluding hydrogens is 362 g/mol. The number of fused-ring (bicyclic) bond motifs is 1. The highest BCUT2D eigenvalue weighted by Crippen LogP contribution is 2.28. The molecule has 144 valence electrons. The van der Waals surface area contributed by atoms with Crippen LogP contribution in [0.2, 0.25) is 0 Å². The van der Waals surface area contributed by atoms with Gasteiger partial charge < -0.3 is 19.5 Å². The smallest absolute Gasteiger partial charge is 0.331 e. The molecule has 0 aromatic heterocycles. The van der Waals surface area contributed by atoms with Crippen LogP contribution in [-0.4, -0.2) is 37.5 Å². The van der Waals surface area contributed by atoms with E-state index in [9.17, 15) is 14.4 Å². The van der Waals surface area contributed by atoms with Crippen LogP contribution < -0.4 is 14.8 Å². The standard InChI is InChI=1S/C21H19NO6/c1-2-26-16-7-3-14(4-8-16)5-10-21(25)28-12-18(23)15-6-9-19-17(11-15)22-20(24)13-27-19/h3-11H,2,12-13H2,1H3,(H,22,24)/b10-5+. The van der Waals surface area contributed by atoms with Crippen LogP contribution >= 0.6 is 0 Å². The largest absolute Gasteiger partial charge is 0.494 e. The van der Waals surface area contributed by atoms with Crippen LogP contribution in [0.5, 0.6) is 11.5 Å². The van der Waals surface area contributed by atoms with Gasteiger partial charge in [0.25, 0.3) is 5.91 Å². The van der Waals surface area contributed by atoms with E-state index in [1.54, 1.807) is 30.3 Å². The number of rotatable bonds is 7. The molecule has 1 N–H and O–H groups in total. The molecule has 1 heterocycles. The summed E-state index contributed by atoms with van der Waals surface area (Å²) >= 11 is 0. The minimum Gasteiger partial charge on any atom is -0.494 e. The molecule has 0 bridgehead atoms. The van der Waals surface area contributed by atoms with Crippen LogP contribution in [0.1, 0.15) is 22.8 Å². The van der Waals surface area contributed by atoms with E-state index in [4.69, 9.17) is 14.2 Å². The number of hydrogen-bond donors (Lipinski definition) is 1. The van der Waals surface area contributed by atoms with Crippen molar-refractivity contribution in [1.29, 1.82) is 0 Å². The summed E-state index contributed by atoms with van der Waals surface area (Å²) in [7, 11) is 0. The Morgan fingerprint density at radius 3 is 2.71 bits per heavy atom. The van der Waals surface area contributed by atoms with Gasteiger partial charge in [-0.1, -0.05) is 12.1 Å². The minimum atomic E-state index is -0.628. The van der Waals surface area contributed by atoms with E-state index in [0.29, 0.717) is 23.6 Å². The predicted octanol–water partition coefficient (Wildman–Crippen LogP) is 2.86. The van der Waals surface area contributed by atoms with Gasteiger partial charge in [-0.15, -0.1) is 0 Å². The number of amides is 1. The summed E-state index contributed by atoms with van der Waals surface area (Å²) in [5.74, 6) is -0.0591. The fourth-order valence-corrected chi connectivity index (χ4v) is 2.53. The van der Waals surface area contributed by atoms with Crippen LogP contribution in [0.3, 0.4) is 0 Å². The third-order valence-corrected chi connectivity index (χ3v) is 3.88. The number of ketones is 1. The summed E-state index contributed by atoms with van der Waals surface area (Å²) in [4.78, 5) is 35.4. The quantitative estimate of drug-likeness (QED) is 0.451. The molecule has 1 aliphatic rings. The van der Waals surface area contributed by atoms with E-state index >= 15 is 0 Å². The first-order valence-corrected chi connectivity index (χ1v) is 8.73. The first-order chi connectivity index (χ1) is 13.5. The molecule has 0 saturated carbocycles. The second kappa shape index (κ2) is 8.85. The molecule has 0 unspecified atom stereocenters. The summed E-state index contributed by atoms with van der Waals surface area (Å²) in [6.07, 6.45) is 2.85. The van der Waals surface area contributed by atoms with E-state index in [-0.39, 0.29) is 18.3 Å². The Kier molecular flexibility index (Phi) is 6.06. The Hall–Kier alpha value is -3.61. The topological polar surface area (TPSA) is 90.9 Å². The third-order valence-electron chi connectivity index (χ3n) is 3.88. The van der Waals surface area contributed by atoms with Crippen molar-refractivity contribution < 1.29 is 28.6 Å². The predicted molar refractivity (Wildman–Crippen MR) is 103 cm³/mol. The molecule has 7 nitrogen and oxygen atoms in total. The highest BCUT2D eigenvalue weighted by atomic mass is 16.5. The van der Waals surface area contributed by atoms with Gasteiger partial charge in [0.1, 0.15) is 11.5 Å². The van der Waals surface area contributed by atoms with E-state index in [0.717, 1.165) is 11.3 Å². The molecule has 3 rings (SSSR count). The Balaban J connectivity index is 1.53. The van der Waals surface area contributed by atoms with Gasteiger partial charge in [-0.3, -0.25) is 9.59 Å². The first-order valence-electron chi connectivity index (χ1n) is 8.73. The summed E-state index contributed by atoms with van der Waals surface area (Å²) in [6.45, 7) is 2.02. The fourth-order valence-electron chi connectivity index (χ4n) is 2.53. The number of hydrogen-bond acceptors (Lipinski definition) is 6. The Morgan fingerprint density at radius 2 is 1.96 bits per heavy atom. The van der Waals surface area contributed by atoms with Crippen molar-refractivity contribution in [2.45, 2.75) is 6.92 Å². The molecule has 1 amide bonds. The van der Waals surface area contributed by atoms with E-state index < -0.39 is 12.6 Å². The zero-order valence-electron chi connectivity index (χ0n) is 15.3. The van der Waals surface area contributed by atoms with Crippen molar-refractivity contribution in [3.63, 3.8) is 0 Å². The number of nitrogens with one attached hydrogen (secondary N) is 1. The Bertz CT molecular complexity index is 917. The molecule has 0 atom stereocenters. The summed E-state index contributed by atoms with van der Waals surface area (Å²) < 4.78 is 15.6. The monoisotopic (exact) mass is 381 g/mol. The Labute approximate surface area is 161 Å². The molecule has 7 heteroatoms. The molecule has 0 fully saturated rings. The maximum atomic E-state index is 12.2. The molecule has 1 aliphatic heterocycles. The second-order valence-electron chi connectivity index (χ2n) is 5.91. The molecule has 2 aromatic rings. The maximum absolute atomic E-state index is 12.2. The van der Waals surface area contributed by atoms with Gasteiger partial charge in [-0.2, -0.15) is 0 Å². The molecule has 28 heavy (non-hydrogen) atoms. The summed E-state index contributed by atoms with van der Waals surface area (Å²) in [5, 5.41) is 2.63. The number of anilines is 1. The molecule has 2 aromatic carbocycles. The first kappa shape index (κ1) is 19.2. The van der Waals surface area contributed by atoms with Crippen molar-refractivity contribution in [2.75, 3.05) is 25.1 Å². The van der Waals surface area contributed by atoms with E-state index in [2.05, 4.69) is 5.32 Å². The number of ether oxygens (including phenoxy) is 3. The third kappa shape index (κ3) is 4.97. The lowest BCUT2D eigenvalue weighted by Gasteiger charge is -2.18. The summed E-state index contributed by atoms with van der Waals surface area (Å²) in [6, 6.07) is 11.9. The van der Waals surface area contributed by atoms with Crippen LogP contribution in [0.25, 0.3) is 6.08 Å². The van der Waals surface area contributed by atoms with Crippen LogP contribution in [0, 0.1) is 0 Å². The molecule has 0 radical (unpaired) electrons. The van der Waals surface area contributed by atoms with Gasteiger partial charge in [0.05, 0.1) is 12.3 Å². The number of carbonyl (C=O) groups excluding carboxylic acids is 3. The van der Waals surface area contributed by atoms with Crippen LogP contribution in [0.4, 0.5) is 5.69 Å².